The number of nitrogens with one attached hydrogen (secondary N) is 1. The summed E-state index contributed by atoms with van der Waals surface area (Å²) >= 11 is 1.73. The molecule has 0 radical (unpaired) electrons. The third-order valence-corrected chi connectivity index (χ3v) is 4.70. The zero-order chi connectivity index (χ0) is 16.8. The standard InChI is InChI=1S/C17H24N4OS/c1-12-13(2)23-16(20-12)10-19-17(18-3)21(4)11-14-6-8-15(22-5)9-7-14/h6-9H,10-11H2,1-5H3,(H,18,19). The second-order valence-electron chi connectivity index (χ2n) is 5.35. The van der Waals surface area contributed by atoms with Gasteiger partial charge in [-0.25, -0.2) is 4.98 Å². The molecule has 0 aliphatic rings. The van der Waals surface area contributed by atoms with Gasteiger partial charge in [-0.15, -0.1) is 11.3 Å². The van der Waals surface area contributed by atoms with Gasteiger partial charge in [0.1, 0.15) is 10.8 Å². The Balaban J connectivity index is 1.93. The Kier molecular flexibility index (Phi) is 5.98. The average Bonchev–Trinajstić information content (AvgIpc) is 2.87. The number of rotatable bonds is 5. The number of hydrogen-bond donors (Lipinski definition) is 1. The molecule has 23 heavy (non-hydrogen) atoms. The van der Waals surface area contributed by atoms with E-state index in [9.17, 15) is 0 Å². The lowest BCUT2D eigenvalue weighted by atomic mass is 10.2. The van der Waals surface area contributed by atoms with Crippen molar-refractivity contribution in [2.45, 2.75) is 26.9 Å². The summed E-state index contributed by atoms with van der Waals surface area (Å²) < 4.78 is 5.19. The highest BCUT2D eigenvalue weighted by atomic mass is 32.1. The van der Waals surface area contributed by atoms with Crippen LogP contribution in [0.25, 0.3) is 0 Å². The topological polar surface area (TPSA) is 49.8 Å². The highest BCUT2D eigenvalue weighted by molar-refractivity contribution is 7.11. The average molecular weight is 332 g/mol. The fourth-order valence-corrected chi connectivity index (χ4v) is 3.11. The van der Waals surface area contributed by atoms with Gasteiger partial charge in [0.05, 0.1) is 19.3 Å². The van der Waals surface area contributed by atoms with Crippen molar-refractivity contribution in [2.75, 3.05) is 21.2 Å². The van der Waals surface area contributed by atoms with Crippen LogP contribution in [-0.2, 0) is 13.1 Å². The summed E-state index contributed by atoms with van der Waals surface area (Å²) in [5.74, 6) is 1.72. The van der Waals surface area contributed by atoms with E-state index in [1.165, 1.54) is 10.4 Å². The maximum Gasteiger partial charge on any atom is 0.194 e. The fourth-order valence-electron chi connectivity index (χ4n) is 2.23. The van der Waals surface area contributed by atoms with E-state index in [1.54, 1.807) is 25.5 Å². The zero-order valence-electron chi connectivity index (χ0n) is 14.4. The van der Waals surface area contributed by atoms with Gasteiger partial charge in [0.2, 0.25) is 0 Å². The minimum Gasteiger partial charge on any atom is -0.497 e. The number of aryl methyl sites for hydroxylation is 2. The third kappa shape index (κ3) is 4.69. The molecule has 1 aromatic carbocycles. The van der Waals surface area contributed by atoms with E-state index in [2.05, 4.69) is 39.2 Å². The van der Waals surface area contributed by atoms with Crippen LogP contribution in [-0.4, -0.2) is 37.0 Å². The van der Waals surface area contributed by atoms with Crippen molar-refractivity contribution < 1.29 is 4.74 Å². The molecule has 0 spiro atoms. The molecule has 0 saturated heterocycles. The quantitative estimate of drug-likeness (QED) is 0.675. The smallest absolute Gasteiger partial charge is 0.194 e. The van der Waals surface area contributed by atoms with Gasteiger partial charge in [0.25, 0.3) is 0 Å². The Morgan fingerprint density at radius 3 is 2.52 bits per heavy atom. The van der Waals surface area contributed by atoms with Crippen molar-refractivity contribution in [3.63, 3.8) is 0 Å². The van der Waals surface area contributed by atoms with Crippen molar-refractivity contribution >= 4 is 17.3 Å². The SMILES string of the molecule is CN=C(NCc1nc(C)c(C)s1)N(C)Cc1ccc(OC)cc1. The van der Waals surface area contributed by atoms with E-state index in [-0.39, 0.29) is 0 Å². The normalized spacial score (nSPS) is 11.4. The maximum absolute atomic E-state index is 5.19. The monoisotopic (exact) mass is 332 g/mol. The molecule has 2 aromatic rings. The van der Waals surface area contributed by atoms with Crippen molar-refractivity contribution in [3.05, 3.63) is 45.4 Å². The number of guanidine groups is 1. The summed E-state index contributed by atoms with van der Waals surface area (Å²) in [4.78, 5) is 12.3. The molecule has 0 saturated carbocycles. The Hall–Kier alpha value is -2.08. The first kappa shape index (κ1) is 17.3. The molecular weight excluding hydrogens is 308 g/mol. The summed E-state index contributed by atoms with van der Waals surface area (Å²) in [5, 5.41) is 4.45. The summed E-state index contributed by atoms with van der Waals surface area (Å²) in [6.07, 6.45) is 0. The first-order valence-electron chi connectivity index (χ1n) is 7.51. The lowest BCUT2D eigenvalue weighted by Crippen LogP contribution is -2.38. The summed E-state index contributed by atoms with van der Waals surface area (Å²) in [6.45, 7) is 5.61. The van der Waals surface area contributed by atoms with Gasteiger partial charge >= 0.3 is 0 Å². The largest absolute Gasteiger partial charge is 0.497 e. The van der Waals surface area contributed by atoms with Gasteiger partial charge in [0.15, 0.2) is 5.96 Å². The van der Waals surface area contributed by atoms with Crippen LogP contribution in [0.15, 0.2) is 29.3 Å². The van der Waals surface area contributed by atoms with E-state index in [0.29, 0.717) is 6.54 Å². The van der Waals surface area contributed by atoms with Crippen LogP contribution in [0.1, 0.15) is 21.1 Å². The minimum absolute atomic E-state index is 0.693. The number of methoxy groups -OCH3 is 1. The van der Waals surface area contributed by atoms with Crippen molar-refractivity contribution in [1.29, 1.82) is 0 Å². The molecule has 2 rings (SSSR count). The molecular formula is C17H24N4OS. The summed E-state index contributed by atoms with van der Waals surface area (Å²) in [6, 6.07) is 8.08. The molecule has 5 nitrogen and oxygen atoms in total. The first-order chi connectivity index (χ1) is 11.0. The van der Waals surface area contributed by atoms with Crippen LogP contribution in [0, 0.1) is 13.8 Å². The van der Waals surface area contributed by atoms with E-state index < -0.39 is 0 Å². The van der Waals surface area contributed by atoms with Crippen LogP contribution in [0.5, 0.6) is 5.75 Å². The van der Waals surface area contributed by atoms with Crippen LogP contribution in [0.2, 0.25) is 0 Å². The number of ether oxygens (including phenoxy) is 1. The molecule has 0 unspecified atom stereocenters. The molecule has 0 bridgehead atoms. The maximum atomic E-state index is 5.19. The molecule has 0 aliphatic heterocycles. The van der Waals surface area contributed by atoms with Gasteiger partial charge in [-0.1, -0.05) is 12.1 Å². The Morgan fingerprint density at radius 2 is 2.00 bits per heavy atom. The van der Waals surface area contributed by atoms with Gasteiger partial charge < -0.3 is 15.0 Å². The molecule has 1 aromatic heterocycles. The summed E-state index contributed by atoms with van der Waals surface area (Å²) in [5.41, 5.74) is 2.31. The number of nitrogens with zero attached hydrogens (tertiary/aromatic N) is 3. The minimum atomic E-state index is 0.693. The first-order valence-corrected chi connectivity index (χ1v) is 8.32. The van der Waals surface area contributed by atoms with Crippen molar-refractivity contribution in [1.82, 2.24) is 15.2 Å². The fraction of sp³-hybridized carbons (Fsp3) is 0.412. The molecule has 6 heteroatoms. The second-order valence-corrected chi connectivity index (χ2v) is 6.64. The Labute approximate surface area is 142 Å². The van der Waals surface area contributed by atoms with E-state index in [1.807, 2.05) is 26.1 Å². The molecule has 0 atom stereocenters. The van der Waals surface area contributed by atoms with Crippen LogP contribution < -0.4 is 10.1 Å². The molecule has 0 fully saturated rings. The van der Waals surface area contributed by atoms with Gasteiger partial charge in [0, 0.05) is 25.5 Å². The van der Waals surface area contributed by atoms with Crippen LogP contribution in [0.4, 0.5) is 0 Å². The highest BCUT2D eigenvalue weighted by Crippen LogP contribution is 2.16. The Bertz CT molecular complexity index is 644. The van der Waals surface area contributed by atoms with E-state index in [4.69, 9.17) is 4.74 Å². The van der Waals surface area contributed by atoms with Gasteiger partial charge in [-0.2, -0.15) is 0 Å². The number of hydrogen-bond acceptors (Lipinski definition) is 4. The number of benzene rings is 1. The molecule has 1 heterocycles. The van der Waals surface area contributed by atoms with Gasteiger partial charge in [-0.05, 0) is 31.5 Å². The number of aromatic nitrogens is 1. The van der Waals surface area contributed by atoms with E-state index >= 15 is 0 Å². The molecule has 1 N–H and O–H groups in total. The van der Waals surface area contributed by atoms with Crippen LogP contribution in [0.3, 0.4) is 0 Å². The number of thiazole rings is 1. The van der Waals surface area contributed by atoms with Crippen LogP contribution >= 0.6 is 11.3 Å². The molecule has 0 amide bonds. The molecule has 0 aliphatic carbocycles. The summed E-state index contributed by atoms with van der Waals surface area (Å²) in [7, 11) is 5.50. The Morgan fingerprint density at radius 1 is 1.30 bits per heavy atom. The molecule has 124 valence electrons. The van der Waals surface area contributed by atoms with Gasteiger partial charge in [-0.3, -0.25) is 4.99 Å². The van der Waals surface area contributed by atoms with Crippen molar-refractivity contribution in [3.8, 4) is 5.75 Å². The third-order valence-electron chi connectivity index (χ3n) is 3.62. The van der Waals surface area contributed by atoms with E-state index in [0.717, 1.165) is 29.0 Å². The lowest BCUT2D eigenvalue weighted by molar-refractivity contribution is 0.414. The predicted molar refractivity (Wildman–Crippen MR) is 96.2 cm³/mol. The number of aliphatic imine (C=N–C) groups is 1. The lowest BCUT2D eigenvalue weighted by Gasteiger charge is -2.22. The zero-order valence-corrected chi connectivity index (χ0v) is 15.2. The highest BCUT2D eigenvalue weighted by Gasteiger charge is 2.09. The van der Waals surface area contributed by atoms with Crippen molar-refractivity contribution in [2.24, 2.45) is 4.99 Å². The predicted octanol–water partition coefficient (Wildman–Crippen LogP) is 2.98. The second kappa shape index (κ2) is 7.97.